The minimum Gasteiger partial charge on any atom is -0.419 e. The highest BCUT2D eigenvalue weighted by atomic mass is 32.2. The van der Waals surface area contributed by atoms with Crippen molar-refractivity contribution in [1.82, 2.24) is 9.29 Å². The minimum absolute atomic E-state index is 0.189. The first-order valence-electron chi connectivity index (χ1n) is 9.56. The van der Waals surface area contributed by atoms with Crippen molar-refractivity contribution in [1.29, 1.82) is 5.26 Å². The average Bonchev–Trinajstić information content (AvgIpc) is 3.10. The number of nitriles is 1. The van der Waals surface area contributed by atoms with Gasteiger partial charge < -0.3 is 9.73 Å². The van der Waals surface area contributed by atoms with Gasteiger partial charge in [0.05, 0.1) is 4.90 Å². The summed E-state index contributed by atoms with van der Waals surface area (Å²) < 4.78 is 33.0. The van der Waals surface area contributed by atoms with Crippen LogP contribution in [0, 0.1) is 23.2 Å². The average molecular weight is 403 g/mol. The van der Waals surface area contributed by atoms with Gasteiger partial charge in [0.25, 0.3) is 0 Å². The fourth-order valence-electron chi connectivity index (χ4n) is 3.22. The summed E-state index contributed by atoms with van der Waals surface area (Å²) in [6.07, 6.45) is 1.95. The number of hydrogen-bond donors (Lipinski definition) is 1. The van der Waals surface area contributed by atoms with Crippen LogP contribution in [0.4, 0.5) is 5.88 Å². The summed E-state index contributed by atoms with van der Waals surface area (Å²) in [5, 5.41) is 12.3. The first-order valence-corrected chi connectivity index (χ1v) is 11.0. The molecule has 0 spiro atoms. The maximum Gasteiger partial charge on any atom is 0.243 e. The molecule has 2 heterocycles. The summed E-state index contributed by atoms with van der Waals surface area (Å²) in [5.41, 5.74) is 0.815. The lowest BCUT2D eigenvalue weighted by Crippen LogP contribution is -2.39. The van der Waals surface area contributed by atoms with Crippen LogP contribution in [0.1, 0.15) is 39.3 Å². The van der Waals surface area contributed by atoms with Gasteiger partial charge in [0.1, 0.15) is 6.07 Å². The van der Waals surface area contributed by atoms with Gasteiger partial charge in [-0.05, 0) is 48.9 Å². The first-order chi connectivity index (χ1) is 13.3. The van der Waals surface area contributed by atoms with Crippen LogP contribution in [-0.4, -0.2) is 37.3 Å². The Hall–Kier alpha value is -2.37. The predicted octanol–water partition coefficient (Wildman–Crippen LogP) is 3.70. The van der Waals surface area contributed by atoms with Crippen LogP contribution < -0.4 is 5.32 Å². The maximum atomic E-state index is 12.9. The molecule has 1 aromatic heterocycles. The third-order valence-electron chi connectivity index (χ3n) is 4.76. The Morgan fingerprint density at radius 2 is 2.07 bits per heavy atom. The fourth-order valence-corrected chi connectivity index (χ4v) is 4.82. The Morgan fingerprint density at radius 1 is 1.36 bits per heavy atom. The fraction of sp³-hybridized carbons (Fsp3) is 0.500. The molecule has 3 rings (SSSR count). The van der Waals surface area contributed by atoms with Crippen LogP contribution in [0.5, 0.6) is 0 Å². The summed E-state index contributed by atoms with van der Waals surface area (Å²) in [4.78, 5) is 4.48. The first kappa shape index (κ1) is 20.4. The lowest BCUT2D eigenvalue weighted by Gasteiger charge is -2.30. The molecule has 1 aliphatic heterocycles. The van der Waals surface area contributed by atoms with Gasteiger partial charge in [-0.25, -0.2) is 8.42 Å². The molecule has 0 radical (unpaired) electrons. The number of aromatic nitrogens is 1. The van der Waals surface area contributed by atoms with Crippen LogP contribution in [-0.2, 0) is 10.0 Å². The van der Waals surface area contributed by atoms with Crippen molar-refractivity contribution in [3.8, 4) is 17.5 Å². The zero-order valence-corrected chi connectivity index (χ0v) is 17.3. The summed E-state index contributed by atoms with van der Waals surface area (Å²) in [6, 6.07) is 8.50. The highest BCUT2D eigenvalue weighted by molar-refractivity contribution is 7.89. The van der Waals surface area contributed by atoms with Gasteiger partial charge in [-0.1, -0.05) is 20.8 Å². The van der Waals surface area contributed by atoms with Crippen molar-refractivity contribution in [2.24, 2.45) is 11.8 Å². The normalized spacial score (nSPS) is 18.2. The molecule has 1 N–H and O–H groups in total. The van der Waals surface area contributed by atoms with E-state index in [2.05, 4.69) is 31.1 Å². The lowest BCUT2D eigenvalue weighted by molar-refractivity contribution is 0.281. The second-order valence-corrected chi connectivity index (χ2v) is 9.66. The molecule has 1 atom stereocenters. The Kier molecular flexibility index (Phi) is 6.06. The Balaban J connectivity index is 1.82. The number of sulfonamides is 1. The predicted molar refractivity (Wildman–Crippen MR) is 107 cm³/mol. The molecular formula is C20H26N4O3S. The summed E-state index contributed by atoms with van der Waals surface area (Å²) in [7, 11) is -3.50. The highest BCUT2D eigenvalue weighted by Crippen LogP contribution is 2.28. The third kappa shape index (κ3) is 4.37. The molecule has 28 heavy (non-hydrogen) atoms. The van der Waals surface area contributed by atoms with Crippen molar-refractivity contribution in [3.05, 3.63) is 30.0 Å². The minimum atomic E-state index is -3.50. The van der Waals surface area contributed by atoms with Gasteiger partial charge in [-0.2, -0.15) is 14.6 Å². The number of nitrogens with zero attached hydrogens (tertiary/aromatic N) is 3. The molecule has 150 valence electrons. The highest BCUT2D eigenvalue weighted by Gasteiger charge is 2.28. The van der Waals surface area contributed by atoms with Gasteiger partial charge in [0, 0.05) is 25.2 Å². The van der Waals surface area contributed by atoms with E-state index in [4.69, 9.17) is 4.42 Å². The number of nitrogens with one attached hydrogen (secondary N) is 1. The Morgan fingerprint density at radius 3 is 2.68 bits per heavy atom. The maximum absolute atomic E-state index is 12.9. The zero-order chi connectivity index (χ0) is 20.3. The number of piperidine rings is 1. The molecule has 0 aliphatic carbocycles. The van der Waals surface area contributed by atoms with E-state index in [1.54, 1.807) is 28.6 Å². The number of rotatable bonds is 6. The molecule has 1 fully saturated rings. The number of benzene rings is 1. The van der Waals surface area contributed by atoms with Crippen molar-refractivity contribution < 1.29 is 12.8 Å². The largest absolute Gasteiger partial charge is 0.419 e. The molecule has 7 nitrogen and oxygen atoms in total. The Bertz CT molecular complexity index is 958. The molecule has 0 amide bonds. The monoisotopic (exact) mass is 402 g/mol. The summed E-state index contributed by atoms with van der Waals surface area (Å²) >= 11 is 0. The molecule has 2 aromatic rings. The van der Waals surface area contributed by atoms with Crippen LogP contribution in [0.25, 0.3) is 11.5 Å². The van der Waals surface area contributed by atoms with E-state index in [1.165, 1.54) is 0 Å². The van der Waals surface area contributed by atoms with Crippen molar-refractivity contribution >= 4 is 15.9 Å². The molecule has 1 saturated heterocycles. The lowest BCUT2D eigenvalue weighted by atomic mass is 10.0. The van der Waals surface area contributed by atoms with E-state index < -0.39 is 10.0 Å². The second-order valence-electron chi connectivity index (χ2n) is 7.72. The number of anilines is 1. The smallest absolute Gasteiger partial charge is 0.243 e. The van der Waals surface area contributed by atoms with E-state index in [1.807, 2.05) is 6.07 Å². The molecule has 8 heteroatoms. The van der Waals surface area contributed by atoms with Crippen LogP contribution in [0.2, 0.25) is 0 Å². The van der Waals surface area contributed by atoms with E-state index in [-0.39, 0.29) is 10.6 Å². The number of hydrogen-bond acceptors (Lipinski definition) is 6. The summed E-state index contributed by atoms with van der Waals surface area (Å²) in [6.45, 7) is 7.96. The topological polar surface area (TPSA) is 99.2 Å². The SMILES string of the molecule is CC(C)CNc1oc(-c2ccc(S(=O)(=O)N3CCC[C@H](C)C3)cc2)nc1C#N. The second kappa shape index (κ2) is 8.33. The molecule has 1 aromatic carbocycles. The molecule has 0 bridgehead atoms. The van der Waals surface area contributed by atoms with E-state index >= 15 is 0 Å². The van der Waals surface area contributed by atoms with Gasteiger partial charge in [-0.15, -0.1) is 0 Å². The molecule has 0 unspecified atom stereocenters. The van der Waals surface area contributed by atoms with Gasteiger partial charge in [-0.3, -0.25) is 0 Å². The zero-order valence-electron chi connectivity index (χ0n) is 16.5. The van der Waals surface area contributed by atoms with Crippen molar-refractivity contribution in [3.63, 3.8) is 0 Å². The van der Waals surface area contributed by atoms with Gasteiger partial charge >= 0.3 is 0 Å². The summed E-state index contributed by atoms with van der Waals surface area (Å²) in [5.74, 6) is 1.39. The van der Waals surface area contributed by atoms with Crippen LogP contribution >= 0.6 is 0 Å². The quantitative estimate of drug-likeness (QED) is 0.791. The van der Waals surface area contributed by atoms with Crippen molar-refractivity contribution in [2.75, 3.05) is 25.0 Å². The van der Waals surface area contributed by atoms with Gasteiger partial charge in [0.2, 0.25) is 27.5 Å². The standard InChI is InChI=1S/C20H26N4O3S/c1-14(2)12-22-20-18(11-21)23-19(27-20)16-6-8-17(9-7-16)28(25,26)24-10-4-5-15(3)13-24/h6-9,14-15,22H,4-5,10,12-13H2,1-3H3/t15-/m0/s1. The molecule has 1 aliphatic rings. The van der Waals surface area contributed by atoms with Crippen LogP contribution in [0.15, 0.2) is 33.6 Å². The van der Waals surface area contributed by atoms with Crippen LogP contribution in [0.3, 0.4) is 0 Å². The van der Waals surface area contributed by atoms with E-state index in [0.29, 0.717) is 48.8 Å². The van der Waals surface area contributed by atoms with Crippen molar-refractivity contribution in [2.45, 2.75) is 38.5 Å². The van der Waals surface area contributed by atoms with E-state index in [9.17, 15) is 13.7 Å². The third-order valence-corrected chi connectivity index (χ3v) is 6.64. The molecular weight excluding hydrogens is 376 g/mol. The van der Waals surface area contributed by atoms with E-state index in [0.717, 1.165) is 12.8 Å². The van der Waals surface area contributed by atoms with Gasteiger partial charge in [0.15, 0.2) is 0 Å². The Labute approximate surface area is 166 Å². The molecule has 0 saturated carbocycles. The number of oxazole rings is 1.